The van der Waals surface area contributed by atoms with E-state index >= 15 is 0 Å². The second-order valence-corrected chi connectivity index (χ2v) is 4.88. The third-order valence-electron chi connectivity index (χ3n) is 2.82. The van der Waals surface area contributed by atoms with Crippen molar-refractivity contribution in [2.45, 2.75) is 5.60 Å². The van der Waals surface area contributed by atoms with Gasteiger partial charge in [0.1, 0.15) is 0 Å². The summed E-state index contributed by atoms with van der Waals surface area (Å²) in [6.07, 6.45) is 0. The number of hydrogen-bond acceptors (Lipinski definition) is 3. The number of halogens is 3. The molecule has 6 heteroatoms. The van der Waals surface area contributed by atoms with E-state index in [1.165, 1.54) is 48.5 Å². The van der Waals surface area contributed by atoms with Crippen LogP contribution in [0.5, 0.6) is 0 Å². The number of carbonyl (C=O) groups is 1. The lowest BCUT2D eigenvalue weighted by Gasteiger charge is -2.30. The number of aliphatic carboxylic acids is 1. The van der Waals surface area contributed by atoms with E-state index in [1.807, 2.05) is 5.83 Å². The monoisotopic (exact) mass is 389 g/mol. The second kappa shape index (κ2) is 7.80. The third-order valence-corrected chi connectivity index (χ3v) is 3.32. The smallest absolute Gasteiger partial charge is 0.154 e. The Morgan fingerprint density at radius 2 is 1.24 bits per heavy atom. The van der Waals surface area contributed by atoms with Crippen LogP contribution in [0.15, 0.2) is 48.5 Å². The normalized spacial score (nSPS) is 10.5. The lowest BCUT2D eigenvalue weighted by molar-refractivity contribution is -0.322. The largest absolute Gasteiger partial charge is 0.546 e. The van der Waals surface area contributed by atoms with E-state index in [0.717, 1.165) is 0 Å². The van der Waals surface area contributed by atoms with Crippen molar-refractivity contribution in [3.05, 3.63) is 69.7 Å². The fraction of sp³-hybridized carbons (Fsp3) is 0.133. The Bertz CT molecular complexity index is 552. The standard InChI is InChI=1S/C14H10Cl2O3.CH3Br/c15-11-5-1-9(2-6-11)14(19,13(17)18)10-3-7-12(16)8-4-10;1-2/h1-8,19H,(H,17,18);1H3/p-1. The van der Waals surface area contributed by atoms with Crippen molar-refractivity contribution in [2.75, 3.05) is 5.83 Å². The van der Waals surface area contributed by atoms with Gasteiger partial charge in [0.25, 0.3) is 0 Å². The molecule has 0 fully saturated rings. The number of carboxylic acid groups (broad SMARTS) is 1. The van der Waals surface area contributed by atoms with Crippen LogP contribution in [0.3, 0.4) is 0 Å². The van der Waals surface area contributed by atoms with E-state index in [4.69, 9.17) is 23.2 Å². The molecule has 0 saturated carbocycles. The Kier molecular flexibility index (Phi) is 6.68. The van der Waals surface area contributed by atoms with Crippen LogP contribution in [0.25, 0.3) is 0 Å². The quantitative estimate of drug-likeness (QED) is 0.819. The molecule has 0 saturated heterocycles. The molecule has 0 atom stereocenters. The van der Waals surface area contributed by atoms with Gasteiger partial charge in [0.2, 0.25) is 0 Å². The Balaban J connectivity index is 0.00000106. The number of benzene rings is 2. The van der Waals surface area contributed by atoms with Gasteiger partial charge < -0.3 is 15.0 Å². The summed E-state index contributed by atoms with van der Waals surface area (Å²) in [5.74, 6) is 0.199. The van der Waals surface area contributed by atoms with Crippen LogP contribution < -0.4 is 5.11 Å². The van der Waals surface area contributed by atoms with Crippen LogP contribution >= 0.6 is 39.1 Å². The highest BCUT2D eigenvalue weighted by molar-refractivity contribution is 9.08. The summed E-state index contributed by atoms with van der Waals surface area (Å²) in [5.41, 5.74) is -1.91. The summed E-state index contributed by atoms with van der Waals surface area (Å²) in [7, 11) is 0. The van der Waals surface area contributed by atoms with E-state index in [0.29, 0.717) is 10.0 Å². The maximum absolute atomic E-state index is 11.4. The summed E-state index contributed by atoms with van der Waals surface area (Å²) in [6.45, 7) is 0. The predicted molar refractivity (Wildman–Crippen MR) is 85.8 cm³/mol. The van der Waals surface area contributed by atoms with E-state index in [1.54, 1.807) is 0 Å². The molecule has 0 radical (unpaired) electrons. The van der Waals surface area contributed by atoms with Crippen LogP contribution in [-0.4, -0.2) is 16.9 Å². The molecule has 0 spiro atoms. The van der Waals surface area contributed by atoms with Crippen molar-refractivity contribution in [2.24, 2.45) is 0 Å². The highest BCUT2D eigenvalue weighted by Crippen LogP contribution is 2.30. The van der Waals surface area contributed by atoms with Crippen LogP contribution in [0.1, 0.15) is 11.1 Å². The molecule has 0 aromatic heterocycles. The summed E-state index contributed by atoms with van der Waals surface area (Å²) >= 11 is 14.4. The van der Waals surface area contributed by atoms with Gasteiger partial charge >= 0.3 is 0 Å². The molecule has 0 aliphatic rings. The molecule has 0 aliphatic carbocycles. The van der Waals surface area contributed by atoms with Crippen molar-refractivity contribution in [1.29, 1.82) is 0 Å². The molecule has 2 aromatic carbocycles. The first-order valence-corrected chi connectivity index (χ1v) is 8.12. The first kappa shape index (κ1) is 18.0. The van der Waals surface area contributed by atoms with Crippen molar-refractivity contribution in [3.8, 4) is 0 Å². The minimum atomic E-state index is -2.24. The summed E-state index contributed by atoms with van der Waals surface area (Å²) in [6, 6.07) is 11.8. The van der Waals surface area contributed by atoms with Gasteiger partial charge in [-0.05, 0) is 41.2 Å². The van der Waals surface area contributed by atoms with Crippen LogP contribution in [0.4, 0.5) is 0 Å². The molecule has 1 N–H and O–H groups in total. The van der Waals surface area contributed by atoms with Crippen molar-refractivity contribution in [1.82, 2.24) is 0 Å². The first-order chi connectivity index (χ1) is 9.94. The number of alkyl halides is 1. The van der Waals surface area contributed by atoms with Gasteiger partial charge in [-0.25, -0.2) is 0 Å². The molecule has 0 heterocycles. The minimum absolute atomic E-state index is 0.166. The predicted octanol–water partition coefficient (Wildman–Crippen LogP) is 2.99. The van der Waals surface area contributed by atoms with Gasteiger partial charge in [-0.2, -0.15) is 0 Å². The molecule has 0 aliphatic heterocycles. The lowest BCUT2D eigenvalue weighted by atomic mass is 9.86. The molecule has 0 unspecified atom stereocenters. The second-order valence-electron chi connectivity index (χ2n) is 4.01. The van der Waals surface area contributed by atoms with Gasteiger partial charge in [-0.15, -0.1) is 0 Å². The van der Waals surface area contributed by atoms with Crippen LogP contribution in [-0.2, 0) is 10.4 Å². The Labute approximate surface area is 141 Å². The molecular weight excluding hydrogens is 379 g/mol. The fourth-order valence-electron chi connectivity index (χ4n) is 1.78. The van der Waals surface area contributed by atoms with Crippen LogP contribution in [0.2, 0.25) is 10.0 Å². The average Bonchev–Trinajstić information content (AvgIpc) is 2.49. The lowest BCUT2D eigenvalue weighted by Crippen LogP contribution is -2.46. The molecule has 112 valence electrons. The SMILES string of the molecule is CBr.O=C([O-])C(O)(c1ccc(Cl)cc1)c1ccc(Cl)cc1. The number of hydrogen-bond donors (Lipinski definition) is 1. The highest BCUT2D eigenvalue weighted by Gasteiger charge is 2.33. The van der Waals surface area contributed by atoms with Gasteiger partial charge in [0.05, 0.1) is 5.97 Å². The fourth-order valence-corrected chi connectivity index (χ4v) is 2.04. The van der Waals surface area contributed by atoms with E-state index in [2.05, 4.69) is 15.9 Å². The molecule has 21 heavy (non-hydrogen) atoms. The minimum Gasteiger partial charge on any atom is -0.546 e. The molecule has 3 nitrogen and oxygen atoms in total. The Hall–Kier alpha value is -1.07. The molecule has 2 rings (SSSR count). The third kappa shape index (κ3) is 3.98. The highest BCUT2D eigenvalue weighted by atomic mass is 79.9. The maximum Gasteiger partial charge on any atom is 0.154 e. The molecule has 2 aromatic rings. The summed E-state index contributed by atoms with van der Waals surface area (Å²) in [4.78, 5) is 11.4. The maximum atomic E-state index is 11.4. The number of rotatable bonds is 3. The zero-order chi connectivity index (χ0) is 16.0. The van der Waals surface area contributed by atoms with Crippen molar-refractivity contribution in [3.63, 3.8) is 0 Å². The molecule has 0 amide bonds. The summed E-state index contributed by atoms with van der Waals surface area (Å²) in [5, 5.41) is 22.7. The average molecular weight is 391 g/mol. The first-order valence-electron chi connectivity index (χ1n) is 5.78. The van der Waals surface area contributed by atoms with E-state index < -0.39 is 11.6 Å². The van der Waals surface area contributed by atoms with Crippen molar-refractivity contribution >= 4 is 45.1 Å². The van der Waals surface area contributed by atoms with E-state index in [-0.39, 0.29) is 11.1 Å². The number of carboxylic acids is 1. The van der Waals surface area contributed by atoms with E-state index in [9.17, 15) is 15.0 Å². The number of carbonyl (C=O) groups excluding carboxylic acids is 1. The van der Waals surface area contributed by atoms with Gasteiger partial charge in [0, 0.05) is 10.0 Å². The topological polar surface area (TPSA) is 60.4 Å². The van der Waals surface area contributed by atoms with Crippen LogP contribution in [0, 0.1) is 0 Å². The Morgan fingerprint density at radius 3 is 1.48 bits per heavy atom. The molecular formula is C15H12BrCl2O3-. The van der Waals surface area contributed by atoms with Gasteiger partial charge in [-0.1, -0.05) is 63.4 Å². The zero-order valence-electron chi connectivity index (χ0n) is 11.0. The molecule has 0 bridgehead atoms. The van der Waals surface area contributed by atoms with Gasteiger partial charge in [0.15, 0.2) is 5.60 Å². The van der Waals surface area contributed by atoms with Crippen molar-refractivity contribution < 1.29 is 15.0 Å². The zero-order valence-corrected chi connectivity index (χ0v) is 14.1. The number of aliphatic hydroxyl groups is 1. The van der Waals surface area contributed by atoms with Gasteiger partial charge in [-0.3, -0.25) is 0 Å². The summed E-state index contributed by atoms with van der Waals surface area (Å²) < 4.78 is 0. The Morgan fingerprint density at radius 1 is 0.952 bits per heavy atom.